The fraction of sp³-hybridized carbons (Fsp3) is 0.176. The first-order valence-electron chi connectivity index (χ1n) is 7.09. The van der Waals surface area contributed by atoms with E-state index >= 15 is 0 Å². The summed E-state index contributed by atoms with van der Waals surface area (Å²) in [6.07, 6.45) is 1.48. The van der Waals surface area contributed by atoms with Crippen LogP contribution in [0.1, 0.15) is 22.4 Å². The van der Waals surface area contributed by atoms with Crippen molar-refractivity contribution in [2.24, 2.45) is 4.99 Å². The first kappa shape index (κ1) is 14.5. The molecule has 2 heterocycles. The quantitative estimate of drug-likeness (QED) is 0.737. The SMILES string of the molecule is CCn1c(-c2ccccc2)c(C)sc1=NC(=O)c1ccco1. The van der Waals surface area contributed by atoms with Crippen LogP contribution >= 0.6 is 11.3 Å². The van der Waals surface area contributed by atoms with Gasteiger partial charge in [0.2, 0.25) is 0 Å². The zero-order valence-corrected chi connectivity index (χ0v) is 13.3. The Balaban J connectivity index is 2.13. The smallest absolute Gasteiger partial charge is 0.315 e. The Morgan fingerprint density at radius 2 is 2.00 bits per heavy atom. The Hall–Kier alpha value is -2.40. The highest BCUT2D eigenvalue weighted by Gasteiger charge is 2.13. The molecule has 0 fully saturated rings. The number of benzene rings is 1. The van der Waals surface area contributed by atoms with Gasteiger partial charge in [0.1, 0.15) is 0 Å². The average Bonchev–Trinajstić information content (AvgIpc) is 3.16. The van der Waals surface area contributed by atoms with E-state index in [9.17, 15) is 4.79 Å². The lowest BCUT2D eigenvalue weighted by molar-refractivity contribution is 0.0971. The van der Waals surface area contributed by atoms with E-state index in [0.717, 1.165) is 22.7 Å². The van der Waals surface area contributed by atoms with Gasteiger partial charge in [0, 0.05) is 11.4 Å². The molecule has 3 rings (SSSR count). The topological polar surface area (TPSA) is 47.5 Å². The molecule has 0 aliphatic carbocycles. The standard InChI is InChI=1S/C17H16N2O2S/c1-3-19-15(13-8-5-4-6-9-13)12(2)22-17(19)18-16(20)14-10-7-11-21-14/h4-11H,3H2,1-2H3. The number of furan rings is 1. The Morgan fingerprint density at radius 1 is 1.23 bits per heavy atom. The Kier molecular flexibility index (Phi) is 4.06. The number of hydrogen-bond donors (Lipinski definition) is 0. The highest BCUT2D eigenvalue weighted by Crippen LogP contribution is 2.24. The van der Waals surface area contributed by atoms with Crippen LogP contribution in [-0.2, 0) is 6.54 Å². The van der Waals surface area contributed by atoms with Crippen LogP contribution in [0.3, 0.4) is 0 Å². The summed E-state index contributed by atoms with van der Waals surface area (Å²) in [7, 11) is 0. The highest BCUT2D eigenvalue weighted by molar-refractivity contribution is 7.09. The molecule has 0 radical (unpaired) electrons. The average molecular weight is 312 g/mol. The number of rotatable bonds is 3. The third kappa shape index (κ3) is 2.67. The van der Waals surface area contributed by atoms with Crippen molar-refractivity contribution in [3.8, 4) is 11.3 Å². The van der Waals surface area contributed by atoms with E-state index in [1.807, 2.05) is 18.2 Å². The molecule has 0 aliphatic rings. The third-order valence-corrected chi connectivity index (χ3v) is 4.37. The van der Waals surface area contributed by atoms with Crippen molar-refractivity contribution in [1.82, 2.24) is 4.57 Å². The molecule has 5 heteroatoms. The lowest BCUT2D eigenvalue weighted by Crippen LogP contribution is -2.17. The van der Waals surface area contributed by atoms with Gasteiger partial charge in [-0.05, 0) is 31.5 Å². The predicted octanol–water partition coefficient (Wildman–Crippen LogP) is 3.88. The van der Waals surface area contributed by atoms with Gasteiger partial charge in [-0.15, -0.1) is 11.3 Å². The molecule has 1 aromatic carbocycles. The summed E-state index contributed by atoms with van der Waals surface area (Å²) in [6, 6.07) is 13.5. The normalized spacial score (nSPS) is 11.8. The summed E-state index contributed by atoms with van der Waals surface area (Å²) in [5, 5.41) is 0. The minimum atomic E-state index is -0.354. The van der Waals surface area contributed by atoms with Gasteiger partial charge in [0.15, 0.2) is 10.6 Å². The van der Waals surface area contributed by atoms with Crippen LogP contribution in [0.5, 0.6) is 0 Å². The van der Waals surface area contributed by atoms with Gasteiger partial charge in [0.25, 0.3) is 0 Å². The predicted molar refractivity (Wildman–Crippen MR) is 86.8 cm³/mol. The van der Waals surface area contributed by atoms with Gasteiger partial charge in [-0.1, -0.05) is 30.3 Å². The maximum absolute atomic E-state index is 12.1. The van der Waals surface area contributed by atoms with Gasteiger partial charge in [-0.2, -0.15) is 4.99 Å². The molecule has 0 unspecified atom stereocenters. The van der Waals surface area contributed by atoms with Crippen molar-refractivity contribution in [1.29, 1.82) is 0 Å². The molecule has 0 saturated heterocycles. The van der Waals surface area contributed by atoms with Crippen LogP contribution in [0.4, 0.5) is 0 Å². The first-order valence-corrected chi connectivity index (χ1v) is 7.90. The number of aryl methyl sites for hydroxylation is 1. The third-order valence-electron chi connectivity index (χ3n) is 3.37. The highest BCUT2D eigenvalue weighted by atomic mass is 32.1. The second kappa shape index (κ2) is 6.15. The Bertz CT molecular complexity index is 843. The number of carbonyl (C=O) groups excluding carboxylic acids is 1. The number of thiazole rings is 1. The van der Waals surface area contributed by atoms with E-state index in [1.165, 1.54) is 17.6 Å². The molecule has 0 atom stereocenters. The maximum atomic E-state index is 12.1. The molecule has 22 heavy (non-hydrogen) atoms. The van der Waals surface area contributed by atoms with Gasteiger partial charge in [-0.25, -0.2) is 0 Å². The van der Waals surface area contributed by atoms with E-state index in [1.54, 1.807) is 12.1 Å². The Labute approximate surface area is 132 Å². The van der Waals surface area contributed by atoms with E-state index in [-0.39, 0.29) is 11.7 Å². The van der Waals surface area contributed by atoms with E-state index in [4.69, 9.17) is 4.42 Å². The van der Waals surface area contributed by atoms with Crippen molar-refractivity contribution in [2.45, 2.75) is 20.4 Å². The lowest BCUT2D eigenvalue weighted by Gasteiger charge is -2.07. The van der Waals surface area contributed by atoms with Crippen molar-refractivity contribution in [3.05, 3.63) is 64.2 Å². The van der Waals surface area contributed by atoms with Gasteiger partial charge in [-0.3, -0.25) is 4.79 Å². The molecular formula is C17H16N2O2S. The second-order valence-corrected chi connectivity index (χ2v) is 5.98. The fourth-order valence-corrected chi connectivity index (χ4v) is 3.46. The lowest BCUT2D eigenvalue weighted by atomic mass is 10.1. The van der Waals surface area contributed by atoms with E-state index in [0.29, 0.717) is 4.80 Å². The molecule has 0 spiro atoms. The molecule has 2 aromatic heterocycles. The molecule has 0 bridgehead atoms. The first-order chi connectivity index (χ1) is 10.7. The molecule has 1 amide bonds. The second-order valence-electron chi connectivity index (χ2n) is 4.79. The van der Waals surface area contributed by atoms with Crippen LogP contribution in [0, 0.1) is 6.92 Å². The van der Waals surface area contributed by atoms with Crippen LogP contribution in [0.25, 0.3) is 11.3 Å². The summed E-state index contributed by atoms with van der Waals surface area (Å²) >= 11 is 1.52. The van der Waals surface area contributed by atoms with Gasteiger partial charge >= 0.3 is 5.91 Å². The molecule has 4 nitrogen and oxygen atoms in total. The van der Waals surface area contributed by atoms with Crippen molar-refractivity contribution < 1.29 is 9.21 Å². The number of nitrogens with zero attached hydrogens (tertiary/aromatic N) is 2. The molecule has 0 saturated carbocycles. The maximum Gasteiger partial charge on any atom is 0.315 e. The number of amides is 1. The summed E-state index contributed by atoms with van der Waals surface area (Å²) in [6.45, 7) is 4.85. The zero-order chi connectivity index (χ0) is 15.5. The van der Waals surface area contributed by atoms with E-state index < -0.39 is 0 Å². The fourth-order valence-electron chi connectivity index (χ4n) is 2.40. The zero-order valence-electron chi connectivity index (χ0n) is 12.4. The van der Waals surface area contributed by atoms with Crippen molar-refractivity contribution in [3.63, 3.8) is 0 Å². The van der Waals surface area contributed by atoms with Gasteiger partial charge in [0.05, 0.1) is 12.0 Å². The van der Waals surface area contributed by atoms with Gasteiger partial charge < -0.3 is 8.98 Å². The molecular weight excluding hydrogens is 296 g/mol. The summed E-state index contributed by atoms with van der Waals surface area (Å²) < 4.78 is 7.18. The van der Waals surface area contributed by atoms with Crippen LogP contribution < -0.4 is 4.80 Å². The largest absolute Gasteiger partial charge is 0.459 e. The molecule has 3 aromatic rings. The Morgan fingerprint density at radius 3 is 2.64 bits per heavy atom. The van der Waals surface area contributed by atoms with E-state index in [2.05, 4.69) is 35.5 Å². The molecule has 112 valence electrons. The summed E-state index contributed by atoms with van der Waals surface area (Å²) in [5.41, 5.74) is 2.24. The molecule has 0 aliphatic heterocycles. The minimum Gasteiger partial charge on any atom is -0.459 e. The number of aromatic nitrogens is 1. The molecule has 0 N–H and O–H groups in total. The minimum absolute atomic E-state index is 0.259. The van der Waals surface area contributed by atoms with Crippen LogP contribution in [-0.4, -0.2) is 10.5 Å². The number of hydrogen-bond acceptors (Lipinski definition) is 3. The summed E-state index contributed by atoms with van der Waals surface area (Å²) in [5.74, 6) is -0.0944. The monoisotopic (exact) mass is 312 g/mol. The summed E-state index contributed by atoms with van der Waals surface area (Å²) in [4.78, 5) is 18.2. The van der Waals surface area contributed by atoms with Crippen molar-refractivity contribution >= 4 is 17.2 Å². The van der Waals surface area contributed by atoms with Crippen LogP contribution in [0.2, 0.25) is 0 Å². The van der Waals surface area contributed by atoms with Crippen LogP contribution in [0.15, 0.2) is 58.1 Å². The van der Waals surface area contributed by atoms with Crippen molar-refractivity contribution in [2.75, 3.05) is 0 Å². The number of carbonyl (C=O) groups is 1.